The zero-order valence-electron chi connectivity index (χ0n) is 21.2. The highest BCUT2D eigenvalue weighted by Crippen LogP contribution is 2.23. The molecule has 2 N–H and O–H groups in total. The van der Waals surface area contributed by atoms with E-state index in [-0.39, 0.29) is 17.7 Å². The Morgan fingerprint density at radius 3 is 2.50 bits per heavy atom. The number of para-hydroxylation sites is 1. The number of hydrogen-bond acceptors (Lipinski definition) is 6. The topological polar surface area (TPSA) is 100 Å². The Morgan fingerprint density at radius 1 is 0.947 bits per heavy atom. The zero-order chi connectivity index (χ0) is 26.2. The molecule has 8 heteroatoms. The number of amides is 2. The number of carbonyl (C=O) groups excluding carboxylic acids is 2. The number of aromatic nitrogens is 2. The number of likely N-dealkylation sites (tertiary alicyclic amines) is 1. The monoisotopic (exact) mass is 509 g/mol. The van der Waals surface area contributed by atoms with E-state index in [1.54, 1.807) is 18.2 Å². The summed E-state index contributed by atoms with van der Waals surface area (Å²) in [7, 11) is 0. The number of hydrogen-bond donors (Lipinski definition) is 2. The van der Waals surface area contributed by atoms with Crippen LogP contribution in [-0.4, -0.2) is 46.5 Å². The fraction of sp³-hybridized carbons (Fsp3) is 0.267. The molecule has 3 aromatic carbocycles. The van der Waals surface area contributed by atoms with Gasteiger partial charge in [0.2, 0.25) is 17.6 Å². The van der Waals surface area contributed by atoms with Gasteiger partial charge >= 0.3 is 0 Å². The van der Waals surface area contributed by atoms with Crippen molar-refractivity contribution in [3.63, 3.8) is 0 Å². The fourth-order valence-corrected chi connectivity index (χ4v) is 4.71. The van der Waals surface area contributed by atoms with E-state index in [9.17, 15) is 9.59 Å². The quantitative estimate of drug-likeness (QED) is 0.343. The standard InChI is InChI=1S/C30H31N5O3/c36-29(32-26-16-8-7-15-25(26)30(37)31-18-17-22-10-3-1-4-11-22)24-14-9-19-35(20-24)21-27-33-28(34-38-27)23-12-5-2-6-13-23/h1-8,10-13,15-16,24H,9,14,17-21H2,(H,31,37)(H,32,36). The second kappa shape index (κ2) is 12.3. The SMILES string of the molecule is O=C(NCCc1ccccc1)c1ccccc1NC(=O)C1CCCN(Cc2nc(-c3ccccc3)no2)C1. The molecule has 1 unspecified atom stereocenters. The van der Waals surface area contributed by atoms with E-state index in [0.717, 1.165) is 36.9 Å². The molecule has 8 nitrogen and oxygen atoms in total. The van der Waals surface area contributed by atoms with E-state index in [0.29, 0.717) is 42.6 Å². The highest BCUT2D eigenvalue weighted by molar-refractivity contribution is 6.04. The number of nitrogens with zero attached hydrogens (tertiary/aromatic N) is 3. The number of rotatable bonds is 9. The minimum Gasteiger partial charge on any atom is -0.352 e. The average molecular weight is 510 g/mol. The Balaban J connectivity index is 1.16. The maximum atomic E-state index is 13.2. The lowest BCUT2D eigenvalue weighted by Crippen LogP contribution is -2.40. The van der Waals surface area contributed by atoms with Gasteiger partial charge in [0.25, 0.3) is 5.91 Å². The van der Waals surface area contributed by atoms with Crippen LogP contribution >= 0.6 is 0 Å². The summed E-state index contributed by atoms with van der Waals surface area (Å²) in [6.45, 7) is 2.45. The van der Waals surface area contributed by atoms with Crippen molar-refractivity contribution in [2.24, 2.45) is 5.92 Å². The molecule has 5 rings (SSSR count). The summed E-state index contributed by atoms with van der Waals surface area (Å²) in [5.74, 6) is 0.602. The molecule has 0 spiro atoms. The summed E-state index contributed by atoms with van der Waals surface area (Å²) in [6, 6.07) is 26.8. The van der Waals surface area contributed by atoms with Crippen molar-refractivity contribution in [2.45, 2.75) is 25.8 Å². The van der Waals surface area contributed by atoms with Crippen molar-refractivity contribution < 1.29 is 14.1 Å². The van der Waals surface area contributed by atoms with Crippen LogP contribution in [0.3, 0.4) is 0 Å². The first-order valence-electron chi connectivity index (χ1n) is 13.0. The van der Waals surface area contributed by atoms with Gasteiger partial charge in [-0.15, -0.1) is 0 Å². The van der Waals surface area contributed by atoms with Gasteiger partial charge < -0.3 is 15.2 Å². The van der Waals surface area contributed by atoms with Gasteiger partial charge in [-0.3, -0.25) is 14.5 Å². The maximum Gasteiger partial charge on any atom is 0.253 e. The molecule has 0 aliphatic carbocycles. The van der Waals surface area contributed by atoms with Crippen LogP contribution in [0.25, 0.3) is 11.4 Å². The van der Waals surface area contributed by atoms with Gasteiger partial charge in [-0.1, -0.05) is 78.0 Å². The molecule has 0 saturated carbocycles. The second-order valence-corrected chi connectivity index (χ2v) is 9.48. The minimum absolute atomic E-state index is 0.0882. The summed E-state index contributed by atoms with van der Waals surface area (Å²) in [6.07, 6.45) is 2.41. The Hall–Kier alpha value is -4.30. The third-order valence-corrected chi connectivity index (χ3v) is 6.71. The first-order valence-corrected chi connectivity index (χ1v) is 13.0. The molecule has 1 fully saturated rings. The Bertz CT molecular complexity index is 1360. The fourth-order valence-electron chi connectivity index (χ4n) is 4.71. The number of anilines is 1. The molecule has 194 valence electrons. The van der Waals surface area contributed by atoms with Crippen LogP contribution in [0.15, 0.2) is 89.5 Å². The van der Waals surface area contributed by atoms with Gasteiger partial charge in [-0.2, -0.15) is 4.98 Å². The molecule has 38 heavy (non-hydrogen) atoms. The molecule has 1 aliphatic rings. The predicted molar refractivity (Wildman–Crippen MR) is 145 cm³/mol. The van der Waals surface area contributed by atoms with Gasteiger partial charge in [0.1, 0.15) is 0 Å². The van der Waals surface area contributed by atoms with Gasteiger partial charge in [-0.25, -0.2) is 0 Å². The molecule has 0 radical (unpaired) electrons. The summed E-state index contributed by atoms with van der Waals surface area (Å²) in [5, 5.41) is 10.1. The summed E-state index contributed by atoms with van der Waals surface area (Å²) in [4.78, 5) is 32.8. The van der Waals surface area contributed by atoms with Crippen LogP contribution in [0.1, 0.15) is 34.7 Å². The van der Waals surface area contributed by atoms with E-state index >= 15 is 0 Å². The minimum atomic E-state index is -0.201. The van der Waals surface area contributed by atoms with Crippen molar-refractivity contribution >= 4 is 17.5 Å². The van der Waals surface area contributed by atoms with Crippen molar-refractivity contribution in [1.29, 1.82) is 0 Å². The molecule has 0 bridgehead atoms. The van der Waals surface area contributed by atoms with E-state index in [1.807, 2.05) is 66.7 Å². The van der Waals surface area contributed by atoms with E-state index in [4.69, 9.17) is 4.52 Å². The predicted octanol–water partition coefficient (Wildman–Crippen LogP) is 4.56. The lowest BCUT2D eigenvalue weighted by atomic mass is 9.96. The Kier molecular flexibility index (Phi) is 8.20. The first kappa shape index (κ1) is 25.4. The molecule has 1 saturated heterocycles. The lowest BCUT2D eigenvalue weighted by Gasteiger charge is -2.31. The molecule has 2 amide bonds. The second-order valence-electron chi connectivity index (χ2n) is 9.48. The van der Waals surface area contributed by atoms with Gasteiger partial charge in [0.05, 0.1) is 23.7 Å². The van der Waals surface area contributed by atoms with Crippen LogP contribution < -0.4 is 10.6 Å². The molecule has 4 aromatic rings. The van der Waals surface area contributed by atoms with Crippen molar-refractivity contribution in [3.8, 4) is 11.4 Å². The average Bonchev–Trinajstić information content (AvgIpc) is 3.43. The molecular formula is C30H31N5O3. The molecular weight excluding hydrogens is 478 g/mol. The first-order chi connectivity index (χ1) is 18.7. The number of benzene rings is 3. The number of carbonyl (C=O) groups is 2. The third kappa shape index (κ3) is 6.52. The zero-order valence-corrected chi connectivity index (χ0v) is 21.2. The van der Waals surface area contributed by atoms with Crippen LogP contribution in [0.4, 0.5) is 5.69 Å². The molecule has 1 aromatic heterocycles. The third-order valence-electron chi connectivity index (χ3n) is 6.71. The van der Waals surface area contributed by atoms with Gasteiger partial charge in [-0.05, 0) is 43.5 Å². The normalized spacial score (nSPS) is 15.6. The smallest absolute Gasteiger partial charge is 0.253 e. The maximum absolute atomic E-state index is 13.2. The van der Waals surface area contributed by atoms with Crippen LogP contribution in [0.2, 0.25) is 0 Å². The van der Waals surface area contributed by atoms with Crippen molar-refractivity contribution in [1.82, 2.24) is 20.4 Å². The highest BCUT2D eigenvalue weighted by Gasteiger charge is 2.28. The lowest BCUT2D eigenvalue weighted by molar-refractivity contribution is -0.121. The highest BCUT2D eigenvalue weighted by atomic mass is 16.5. The summed E-state index contributed by atoms with van der Waals surface area (Å²) < 4.78 is 5.47. The van der Waals surface area contributed by atoms with Crippen molar-refractivity contribution in [2.75, 3.05) is 25.0 Å². The largest absolute Gasteiger partial charge is 0.352 e. The Morgan fingerprint density at radius 2 is 1.68 bits per heavy atom. The summed E-state index contributed by atoms with van der Waals surface area (Å²) >= 11 is 0. The Labute approximate surface area is 222 Å². The number of nitrogens with one attached hydrogen (secondary N) is 2. The molecule has 1 atom stereocenters. The summed E-state index contributed by atoms with van der Waals surface area (Å²) in [5.41, 5.74) is 3.05. The van der Waals surface area contributed by atoms with Crippen LogP contribution in [0, 0.1) is 5.92 Å². The number of piperidine rings is 1. The molecule has 2 heterocycles. The van der Waals surface area contributed by atoms with E-state index in [2.05, 4.69) is 25.7 Å². The molecule has 1 aliphatic heterocycles. The van der Waals surface area contributed by atoms with Gasteiger partial charge in [0, 0.05) is 18.7 Å². The van der Waals surface area contributed by atoms with E-state index < -0.39 is 0 Å². The van der Waals surface area contributed by atoms with Crippen LogP contribution in [0.5, 0.6) is 0 Å². The van der Waals surface area contributed by atoms with Crippen molar-refractivity contribution in [3.05, 3.63) is 102 Å². The van der Waals surface area contributed by atoms with E-state index in [1.165, 1.54) is 0 Å². The van der Waals surface area contributed by atoms with Gasteiger partial charge in [0.15, 0.2) is 0 Å². The van der Waals surface area contributed by atoms with Crippen LogP contribution in [-0.2, 0) is 17.8 Å².